The Hall–Kier alpha value is -0.830. The van der Waals surface area contributed by atoms with Crippen molar-refractivity contribution in [3.63, 3.8) is 0 Å². The molecule has 0 amide bonds. The van der Waals surface area contributed by atoms with E-state index in [4.69, 9.17) is 0 Å². The van der Waals surface area contributed by atoms with Gasteiger partial charge in [-0.15, -0.1) is 6.58 Å². The van der Waals surface area contributed by atoms with Gasteiger partial charge in [0.05, 0.1) is 4.47 Å². The SMILES string of the molecule is C=CCNc1ccc(F)c(Br)c1. The third kappa shape index (κ3) is 2.34. The molecule has 0 aliphatic carbocycles. The zero-order valence-corrected chi connectivity index (χ0v) is 8.07. The van der Waals surface area contributed by atoms with Gasteiger partial charge in [-0.2, -0.15) is 0 Å². The van der Waals surface area contributed by atoms with Crippen LogP contribution in [0.2, 0.25) is 0 Å². The van der Waals surface area contributed by atoms with Crippen LogP contribution >= 0.6 is 15.9 Å². The average Bonchev–Trinajstić information content (AvgIpc) is 2.07. The van der Waals surface area contributed by atoms with Gasteiger partial charge in [-0.25, -0.2) is 4.39 Å². The van der Waals surface area contributed by atoms with Gasteiger partial charge in [-0.1, -0.05) is 6.08 Å². The van der Waals surface area contributed by atoms with Crippen molar-refractivity contribution in [3.05, 3.63) is 41.1 Å². The van der Waals surface area contributed by atoms with E-state index in [0.717, 1.165) is 5.69 Å². The van der Waals surface area contributed by atoms with Gasteiger partial charge in [0.2, 0.25) is 0 Å². The number of hydrogen-bond acceptors (Lipinski definition) is 1. The van der Waals surface area contributed by atoms with Crippen molar-refractivity contribution in [3.8, 4) is 0 Å². The van der Waals surface area contributed by atoms with Crippen LogP contribution in [0.4, 0.5) is 10.1 Å². The number of benzene rings is 1. The minimum Gasteiger partial charge on any atom is -0.382 e. The molecule has 3 heteroatoms. The predicted octanol–water partition coefficient (Wildman–Crippen LogP) is 3.19. The highest BCUT2D eigenvalue weighted by molar-refractivity contribution is 9.10. The minimum absolute atomic E-state index is 0.251. The largest absolute Gasteiger partial charge is 0.382 e. The molecule has 0 radical (unpaired) electrons. The summed E-state index contributed by atoms with van der Waals surface area (Å²) in [6.45, 7) is 4.25. The Morgan fingerprint density at radius 2 is 2.33 bits per heavy atom. The summed E-state index contributed by atoms with van der Waals surface area (Å²) in [6.07, 6.45) is 1.75. The molecule has 64 valence electrons. The molecule has 0 atom stereocenters. The second-order valence-electron chi connectivity index (χ2n) is 2.30. The van der Waals surface area contributed by atoms with E-state index in [0.29, 0.717) is 11.0 Å². The van der Waals surface area contributed by atoms with Crippen molar-refractivity contribution in [2.24, 2.45) is 0 Å². The van der Waals surface area contributed by atoms with Crippen LogP contribution in [0.25, 0.3) is 0 Å². The number of anilines is 1. The Morgan fingerprint density at radius 3 is 2.92 bits per heavy atom. The molecular weight excluding hydrogens is 221 g/mol. The third-order valence-corrected chi connectivity index (χ3v) is 1.98. The summed E-state index contributed by atoms with van der Waals surface area (Å²) < 4.78 is 13.2. The Balaban J connectivity index is 2.75. The highest BCUT2D eigenvalue weighted by atomic mass is 79.9. The Kier molecular flexibility index (Phi) is 3.29. The summed E-state index contributed by atoms with van der Waals surface area (Å²) in [7, 11) is 0. The van der Waals surface area contributed by atoms with E-state index >= 15 is 0 Å². The summed E-state index contributed by atoms with van der Waals surface area (Å²) in [5.41, 5.74) is 0.878. The van der Waals surface area contributed by atoms with Crippen molar-refractivity contribution in [2.45, 2.75) is 0 Å². The zero-order valence-electron chi connectivity index (χ0n) is 6.48. The van der Waals surface area contributed by atoms with E-state index in [1.54, 1.807) is 18.2 Å². The summed E-state index contributed by atoms with van der Waals surface area (Å²) >= 11 is 3.10. The highest BCUT2D eigenvalue weighted by Crippen LogP contribution is 2.19. The average molecular weight is 230 g/mol. The topological polar surface area (TPSA) is 12.0 Å². The molecule has 1 aromatic rings. The normalized spacial score (nSPS) is 9.50. The summed E-state index contributed by atoms with van der Waals surface area (Å²) in [5, 5.41) is 3.05. The van der Waals surface area contributed by atoms with Crippen molar-refractivity contribution >= 4 is 21.6 Å². The summed E-state index contributed by atoms with van der Waals surface area (Å²) in [5.74, 6) is -0.251. The quantitative estimate of drug-likeness (QED) is 0.786. The Labute approximate surface area is 79.4 Å². The van der Waals surface area contributed by atoms with Crippen molar-refractivity contribution in [1.29, 1.82) is 0 Å². The van der Waals surface area contributed by atoms with Crippen molar-refractivity contribution in [1.82, 2.24) is 0 Å². The lowest BCUT2D eigenvalue weighted by Gasteiger charge is -2.03. The predicted molar refractivity (Wildman–Crippen MR) is 52.8 cm³/mol. The maximum absolute atomic E-state index is 12.7. The van der Waals surface area contributed by atoms with E-state index in [1.807, 2.05) is 0 Å². The molecule has 12 heavy (non-hydrogen) atoms. The maximum Gasteiger partial charge on any atom is 0.137 e. The minimum atomic E-state index is -0.251. The number of hydrogen-bond donors (Lipinski definition) is 1. The molecule has 0 aromatic heterocycles. The van der Waals surface area contributed by atoms with E-state index in [9.17, 15) is 4.39 Å². The summed E-state index contributed by atoms with van der Waals surface area (Å²) in [4.78, 5) is 0. The summed E-state index contributed by atoms with van der Waals surface area (Å²) in [6, 6.07) is 4.79. The maximum atomic E-state index is 12.7. The van der Waals surface area contributed by atoms with Gasteiger partial charge in [0.1, 0.15) is 5.82 Å². The molecule has 0 saturated heterocycles. The molecule has 0 aliphatic rings. The molecular formula is C9H9BrFN. The van der Waals surface area contributed by atoms with Gasteiger partial charge in [0.25, 0.3) is 0 Å². The van der Waals surface area contributed by atoms with Crippen LogP contribution < -0.4 is 5.32 Å². The first-order chi connectivity index (χ1) is 5.74. The van der Waals surface area contributed by atoms with Crippen molar-refractivity contribution in [2.75, 3.05) is 11.9 Å². The number of rotatable bonds is 3. The lowest BCUT2D eigenvalue weighted by Crippen LogP contribution is -1.97. The molecule has 0 fully saturated rings. The first-order valence-electron chi connectivity index (χ1n) is 3.54. The smallest absolute Gasteiger partial charge is 0.137 e. The molecule has 0 heterocycles. The van der Waals surface area contributed by atoms with Gasteiger partial charge < -0.3 is 5.32 Å². The van der Waals surface area contributed by atoms with E-state index in [1.165, 1.54) is 6.07 Å². The van der Waals surface area contributed by atoms with Crippen LogP contribution in [0.1, 0.15) is 0 Å². The molecule has 0 spiro atoms. The molecule has 1 rings (SSSR count). The standard InChI is InChI=1S/C9H9BrFN/c1-2-5-12-7-3-4-9(11)8(10)6-7/h2-4,6,12H,1,5H2. The molecule has 1 nitrogen and oxygen atoms in total. The van der Waals surface area contributed by atoms with Crippen LogP contribution in [0.5, 0.6) is 0 Å². The Bertz CT molecular complexity index is 286. The fraction of sp³-hybridized carbons (Fsp3) is 0.111. The molecule has 0 unspecified atom stereocenters. The first kappa shape index (κ1) is 9.26. The molecule has 1 aromatic carbocycles. The monoisotopic (exact) mass is 229 g/mol. The van der Waals surface area contributed by atoms with Crippen molar-refractivity contribution < 1.29 is 4.39 Å². The lowest BCUT2D eigenvalue weighted by atomic mass is 10.3. The van der Waals surface area contributed by atoms with Gasteiger partial charge in [-0.05, 0) is 34.1 Å². The molecule has 0 saturated carbocycles. The highest BCUT2D eigenvalue weighted by Gasteiger charge is 1.98. The van der Waals surface area contributed by atoms with E-state index < -0.39 is 0 Å². The van der Waals surface area contributed by atoms with E-state index in [2.05, 4.69) is 27.8 Å². The van der Waals surface area contributed by atoms with Crippen LogP contribution in [0, 0.1) is 5.82 Å². The fourth-order valence-corrected chi connectivity index (χ4v) is 1.17. The second-order valence-corrected chi connectivity index (χ2v) is 3.15. The number of halogens is 2. The molecule has 1 N–H and O–H groups in total. The zero-order chi connectivity index (χ0) is 8.97. The van der Waals surface area contributed by atoms with Crippen LogP contribution in [0.3, 0.4) is 0 Å². The first-order valence-corrected chi connectivity index (χ1v) is 4.33. The van der Waals surface area contributed by atoms with Crippen LogP contribution in [-0.4, -0.2) is 6.54 Å². The third-order valence-electron chi connectivity index (χ3n) is 1.37. The Morgan fingerprint density at radius 1 is 1.58 bits per heavy atom. The van der Waals surface area contributed by atoms with Gasteiger partial charge in [0.15, 0.2) is 0 Å². The van der Waals surface area contributed by atoms with Crippen LogP contribution in [-0.2, 0) is 0 Å². The fourth-order valence-electron chi connectivity index (χ4n) is 0.796. The van der Waals surface area contributed by atoms with Gasteiger partial charge >= 0.3 is 0 Å². The van der Waals surface area contributed by atoms with Gasteiger partial charge in [-0.3, -0.25) is 0 Å². The second kappa shape index (κ2) is 4.26. The van der Waals surface area contributed by atoms with E-state index in [-0.39, 0.29) is 5.82 Å². The molecule has 0 bridgehead atoms. The number of nitrogens with one attached hydrogen (secondary N) is 1. The van der Waals surface area contributed by atoms with Gasteiger partial charge in [0, 0.05) is 12.2 Å². The lowest BCUT2D eigenvalue weighted by molar-refractivity contribution is 0.621. The van der Waals surface area contributed by atoms with Crippen LogP contribution in [0.15, 0.2) is 35.3 Å². The molecule has 0 aliphatic heterocycles.